The summed E-state index contributed by atoms with van der Waals surface area (Å²) in [5, 5.41) is 5.08. The maximum absolute atomic E-state index is 11.7. The van der Waals surface area contributed by atoms with Gasteiger partial charge in [0.2, 0.25) is 0 Å². The van der Waals surface area contributed by atoms with Crippen molar-refractivity contribution in [3.8, 4) is 0 Å². The lowest BCUT2D eigenvalue weighted by Crippen LogP contribution is -2.33. The van der Waals surface area contributed by atoms with E-state index in [0.717, 1.165) is 5.69 Å². The average Bonchev–Trinajstić information content (AvgIpc) is 2.25. The molecule has 0 spiro atoms. The molecule has 1 amide bonds. The molecule has 0 saturated carbocycles. The van der Waals surface area contributed by atoms with E-state index in [1.54, 1.807) is 0 Å². The van der Waals surface area contributed by atoms with E-state index in [0.29, 0.717) is 6.54 Å². The van der Waals surface area contributed by atoms with Crippen molar-refractivity contribution in [2.75, 3.05) is 18.4 Å². The van der Waals surface area contributed by atoms with Gasteiger partial charge in [-0.3, -0.25) is 4.79 Å². The highest BCUT2D eigenvalue weighted by atomic mass is 19.3. The van der Waals surface area contributed by atoms with Gasteiger partial charge in [0.05, 0.1) is 0 Å². The van der Waals surface area contributed by atoms with Gasteiger partial charge in [0.1, 0.15) is 0 Å². The van der Waals surface area contributed by atoms with E-state index in [-0.39, 0.29) is 6.54 Å². The third-order valence-electron chi connectivity index (χ3n) is 1.73. The van der Waals surface area contributed by atoms with Crippen LogP contribution in [0.15, 0.2) is 30.3 Å². The fourth-order valence-electron chi connectivity index (χ4n) is 1.03. The predicted molar refractivity (Wildman–Crippen MR) is 53.9 cm³/mol. The lowest BCUT2D eigenvalue weighted by atomic mass is 10.3. The summed E-state index contributed by atoms with van der Waals surface area (Å²) in [5.41, 5.74) is 0.892. The molecule has 0 heterocycles. The number of para-hydroxylation sites is 1. The smallest absolute Gasteiger partial charge is 0.315 e. The first-order valence-electron chi connectivity index (χ1n) is 4.55. The fraction of sp³-hybridized carbons (Fsp3) is 0.300. The van der Waals surface area contributed by atoms with Crippen molar-refractivity contribution in [2.45, 2.75) is 6.43 Å². The van der Waals surface area contributed by atoms with E-state index < -0.39 is 12.3 Å². The Bertz CT molecular complexity index is 304. The van der Waals surface area contributed by atoms with E-state index >= 15 is 0 Å². The number of carbonyl (C=O) groups is 1. The van der Waals surface area contributed by atoms with Gasteiger partial charge < -0.3 is 10.6 Å². The summed E-state index contributed by atoms with van der Waals surface area (Å²) in [4.78, 5) is 10.5. The first kappa shape index (κ1) is 11.4. The molecule has 5 heteroatoms. The summed E-state index contributed by atoms with van der Waals surface area (Å²) in [6.45, 7) is 0.598. The average molecular weight is 214 g/mol. The standard InChI is InChI=1S/C10H12F2N2O/c11-9(12)10(15)14-7-6-13-8-4-2-1-3-5-8/h1-5,9,13H,6-7H2,(H,14,15). The minimum absolute atomic E-state index is 0.179. The van der Waals surface area contributed by atoms with Crippen molar-refractivity contribution in [2.24, 2.45) is 0 Å². The van der Waals surface area contributed by atoms with Gasteiger partial charge in [0, 0.05) is 18.8 Å². The molecule has 1 rings (SSSR count). The zero-order valence-electron chi connectivity index (χ0n) is 8.04. The Morgan fingerprint density at radius 2 is 1.87 bits per heavy atom. The fourth-order valence-corrected chi connectivity index (χ4v) is 1.03. The number of rotatable bonds is 5. The van der Waals surface area contributed by atoms with Crippen molar-refractivity contribution in [3.05, 3.63) is 30.3 Å². The number of carbonyl (C=O) groups excluding carboxylic acids is 1. The molecule has 2 N–H and O–H groups in total. The summed E-state index contributed by atoms with van der Waals surface area (Å²) in [5.74, 6) is -1.23. The van der Waals surface area contributed by atoms with Crippen molar-refractivity contribution in [1.29, 1.82) is 0 Å². The Labute approximate surface area is 86.5 Å². The maximum Gasteiger partial charge on any atom is 0.315 e. The molecular weight excluding hydrogens is 202 g/mol. The lowest BCUT2D eigenvalue weighted by molar-refractivity contribution is -0.131. The van der Waals surface area contributed by atoms with Gasteiger partial charge in [-0.25, -0.2) is 0 Å². The highest BCUT2D eigenvalue weighted by Crippen LogP contribution is 2.03. The van der Waals surface area contributed by atoms with Gasteiger partial charge in [-0.1, -0.05) is 18.2 Å². The highest BCUT2D eigenvalue weighted by molar-refractivity contribution is 5.79. The molecule has 82 valence electrons. The van der Waals surface area contributed by atoms with Crippen LogP contribution in [0, 0.1) is 0 Å². The van der Waals surface area contributed by atoms with E-state index in [1.165, 1.54) is 0 Å². The Morgan fingerprint density at radius 3 is 2.47 bits per heavy atom. The van der Waals surface area contributed by atoms with Gasteiger partial charge in [-0.15, -0.1) is 0 Å². The Hall–Kier alpha value is -1.65. The topological polar surface area (TPSA) is 41.1 Å². The van der Waals surface area contributed by atoms with Crippen LogP contribution < -0.4 is 10.6 Å². The van der Waals surface area contributed by atoms with Crippen LogP contribution >= 0.6 is 0 Å². The van der Waals surface area contributed by atoms with E-state index in [9.17, 15) is 13.6 Å². The molecule has 1 aromatic carbocycles. The highest BCUT2D eigenvalue weighted by Gasteiger charge is 2.13. The number of nitrogens with one attached hydrogen (secondary N) is 2. The monoisotopic (exact) mass is 214 g/mol. The van der Waals surface area contributed by atoms with Crippen molar-refractivity contribution < 1.29 is 13.6 Å². The van der Waals surface area contributed by atoms with Crippen LogP contribution in [0.1, 0.15) is 0 Å². The minimum atomic E-state index is -2.94. The van der Waals surface area contributed by atoms with E-state index in [2.05, 4.69) is 10.6 Å². The van der Waals surface area contributed by atoms with Crippen LogP contribution in [0.3, 0.4) is 0 Å². The first-order valence-corrected chi connectivity index (χ1v) is 4.55. The largest absolute Gasteiger partial charge is 0.383 e. The second-order valence-corrected chi connectivity index (χ2v) is 2.88. The number of halogens is 2. The molecule has 0 bridgehead atoms. The molecule has 1 aromatic rings. The summed E-state index contributed by atoms with van der Waals surface area (Å²) < 4.78 is 23.5. The zero-order valence-corrected chi connectivity index (χ0v) is 8.04. The molecule has 0 radical (unpaired) electrons. The third kappa shape index (κ3) is 4.39. The molecule has 0 aliphatic rings. The number of benzene rings is 1. The minimum Gasteiger partial charge on any atom is -0.383 e. The molecule has 0 unspecified atom stereocenters. The summed E-state index contributed by atoms with van der Waals surface area (Å²) in [6, 6.07) is 9.31. The van der Waals surface area contributed by atoms with Gasteiger partial charge in [-0.2, -0.15) is 8.78 Å². The van der Waals surface area contributed by atoms with Gasteiger partial charge in [-0.05, 0) is 12.1 Å². The molecule has 0 fully saturated rings. The molecular formula is C10H12F2N2O. The Balaban J connectivity index is 2.15. The Morgan fingerprint density at radius 1 is 1.20 bits per heavy atom. The van der Waals surface area contributed by atoms with Gasteiger partial charge >= 0.3 is 6.43 Å². The summed E-state index contributed by atoms with van der Waals surface area (Å²) in [6.07, 6.45) is -2.94. The van der Waals surface area contributed by atoms with Gasteiger partial charge in [0.15, 0.2) is 0 Å². The molecule has 0 aromatic heterocycles. The summed E-state index contributed by atoms with van der Waals surface area (Å²) >= 11 is 0. The van der Waals surface area contributed by atoms with Crippen LogP contribution in [-0.4, -0.2) is 25.4 Å². The van der Waals surface area contributed by atoms with Gasteiger partial charge in [0.25, 0.3) is 5.91 Å². The molecule has 0 saturated heterocycles. The molecule has 0 aliphatic heterocycles. The normalized spacial score (nSPS) is 10.1. The van der Waals surface area contributed by atoms with E-state index in [1.807, 2.05) is 30.3 Å². The maximum atomic E-state index is 11.7. The third-order valence-corrected chi connectivity index (χ3v) is 1.73. The lowest BCUT2D eigenvalue weighted by Gasteiger charge is -2.07. The number of alkyl halides is 2. The van der Waals surface area contributed by atoms with Crippen LogP contribution in [-0.2, 0) is 4.79 Å². The number of hydrogen-bond acceptors (Lipinski definition) is 2. The van der Waals surface area contributed by atoms with Crippen LogP contribution in [0.2, 0.25) is 0 Å². The number of anilines is 1. The quantitative estimate of drug-likeness (QED) is 0.729. The van der Waals surface area contributed by atoms with Crippen molar-refractivity contribution in [1.82, 2.24) is 5.32 Å². The first-order chi connectivity index (χ1) is 7.20. The Kier molecular flexibility index (Phi) is 4.53. The second kappa shape index (κ2) is 5.95. The molecule has 0 atom stereocenters. The molecule has 3 nitrogen and oxygen atoms in total. The summed E-state index contributed by atoms with van der Waals surface area (Å²) in [7, 11) is 0. The zero-order chi connectivity index (χ0) is 11.1. The second-order valence-electron chi connectivity index (χ2n) is 2.88. The van der Waals surface area contributed by atoms with Crippen molar-refractivity contribution >= 4 is 11.6 Å². The molecule has 0 aliphatic carbocycles. The SMILES string of the molecule is O=C(NCCNc1ccccc1)C(F)F. The van der Waals surface area contributed by atoms with Crippen LogP contribution in [0.5, 0.6) is 0 Å². The van der Waals surface area contributed by atoms with Crippen LogP contribution in [0.25, 0.3) is 0 Å². The van der Waals surface area contributed by atoms with Crippen molar-refractivity contribution in [3.63, 3.8) is 0 Å². The number of hydrogen-bond donors (Lipinski definition) is 2. The van der Waals surface area contributed by atoms with E-state index in [4.69, 9.17) is 0 Å². The molecule has 15 heavy (non-hydrogen) atoms. The number of amides is 1. The predicted octanol–water partition coefficient (Wildman–Crippen LogP) is 1.48. The van der Waals surface area contributed by atoms with Crippen LogP contribution in [0.4, 0.5) is 14.5 Å².